The highest BCUT2D eigenvalue weighted by atomic mass is 33.1. The van der Waals surface area contributed by atoms with Gasteiger partial charge >= 0.3 is 0 Å². The maximum absolute atomic E-state index is 9.95. The first-order valence-electron chi connectivity index (χ1n) is 4.79. The zero-order valence-electron chi connectivity index (χ0n) is 8.48. The average Bonchev–Trinajstić information content (AvgIpc) is 2.31. The Morgan fingerprint density at radius 3 is 1.44 bits per heavy atom. The summed E-state index contributed by atoms with van der Waals surface area (Å²) in [6.07, 6.45) is 0. The highest BCUT2D eigenvalue weighted by Crippen LogP contribution is 2.62. The minimum atomic E-state index is -1.10. The summed E-state index contributed by atoms with van der Waals surface area (Å²) in [6, 6.07) is 20.0. The van der Waals surface area contributed by atoms with Gasteiger partial charge in [0.05, 0.1) is 0 Å². The lowest BCUT2D eigenvalue weighted by Crippen LogP contribution is -1.68. The van der Waals surface area contributed by atoms with Gasteiger partial charge in [0.2, 0.25) is 0 Å². The van der Waals surface area contributed by atoms with Crippen LogP contribution in [0, 0.1) is 0 Å². The van der Waals surface area contributed by atoms with Gasteiger partial charge in [-0.2, -0.15) is 0 Å². The summed E-state index contributed by atoms with van der Waals surface area (Å²) in [5.74, 6) is 0. The monoisotopic (exact) mass is 266 g/mol. The summed E-state index contributed by atoms with van der Waals surface area (Å²) < 4.78 is 0. The van der Waals surface area contributed by atoms with Crippen molar-refractivity contribution >= 4 is 29.3 Å². The van der Waals surface area contributed by atoms with Gasteiger partial charge in [-0.1, -0.05) is 59.2 Å². The number of benzene rings is 2. The van der Waals surface area contributed by atoms with E-state index in [2.05, 4.69) is 0 Å². The molecular formula is C12H11OPS2. The third kappa shape index (κ3) is 3.84. The number of hydrogen-bond acceptors (Lipinski definition) is 3. The first-order chi connectivity index (χ1) is 7.84. The van der Waals surface area contributed by atoms with Gasteiger partial charge < -0.3 is 4.89 Å². The van der Waals surface area contributed by atoms with Crippen LogP contribution < -0.4 is 0 Å². The van der Waals surface area contributed by atoms with Crippen molar-refractivity contribution in [2.24, 2.45) is 0 Å². The Labute approximate surface area is 105 Å². The Morgan fingerprint density at radius 2 is 1.06 bits per heavy atom. The van der Waals surface area contributed by atoms with Gasteiger partial charge in [-0.15, -0.1) is 0 Å². The molecule has 82 valence electrons. The summed E-state index contributed by atoms with van der Waals surface area (Å²) in [5, 5.41) is 0. The van der Waals surface area contributed by atoms with Crippen LogP contribution in [0.25, 0.3) is 0 Å². The lowest BCUT2D eigenvalue weighted by atomic mass is 10.4. The van der Waals surface area contributed by atoms with Gasteiger partial charge in [0.15, 0.2) is 6.55 Å². The fourth-order valence-corrected chi connectivity index (χ4v) is 5.93. The normalized spacial score (nSPS) is 10.6. The van der Waals surface area contributed by atoms with Crippen LogP contribution in [-0.4, -0.2) is 4.89 Å². The lowest BCUT2D eigenvalue weighted by molar-refractivity contribution is 0.656. The molecule has 16 heavy (non-hydrogen) atoms. The number of hydrogen-bond donors (Lipinski definition) is 1. The fraction of sp³-hybridized carbons (Fsp3) is 0. The maximum Gasteiger partial charge on any atom is 0.159 e. The number of rotatable bonds is 4. The van der Waals surface area contributed by atoms with Crippen molar-refractivity contribution < 1.29 is 4.89 Å². The van der Waals surface area contributed by atoms with Crippen LogP contribution >= 0.6 is 29.3 Å². The molecule has 1 nitrogen and oxygen atoms in total. The molecule has 4 heteroatoms. The van der Waals surface area contributed by atoms with Crippen LogP contribution in [0.2, 0.25) is 0 Å². The first-order valence-corrected chi connectivity index (χ1v) is 8.93. The molecule has 2 rings (SSSR count). The summed E-state index contributed by atoms with van der Waals surface area (Å²) in [5.41, 5.74) is 0. The van der Waals surface area contributed by atoms with E-state index in [1.54, 1.807) is 0 Å². The van der Waals surface area contributed by atoms with Gasteiger partial charge in [0, 0.05) is 9.79 Å². The molecule has 0 radical (unpaired) electrons. The van der Waals surface area contributed by atoms with Crippen molar-refractivity contribution in [1.29, 1.82) is 0 Å². The van der Waals surface area contributed by atoms with Crippen molar-refractivity contribution in [3.63, 3.8) is 0 Å². The molecule has 0 aliphatic carbocycles. The van der Waals surface area contributed by atoms with Crippen LogP contribution in [0.5, 0.6) is 0 Å². The molecular weight excluding hydrogens is 255 g/mol. The molecule has 0 aliphatic heterocycles. The predicted octanol–water partition coefficient (Wildman–Crippen LogP) is 4.79. The molecule has 0 spiro atoms. The van der Waals surface area contributed by atoms with E-state index in [9.17, 15) is 4.89 Å². The molecule has 0 aromatic heterocycles. The highest BCUT2D eigenvalue weighted by Gasteiger charge is 2.08. The standard InChI is InChI=1S/C12H11OPS2/c13-14(15-11-7-3-1-4-8-11)16-12-9-5-2-6-10-12/h1-10,13H. The summed E-state index contributed by atoms with van der Waals surface area (Å²) >= 11 is 3.04. The minimum absolute atomic E-state index is 1.10. The molecule has 0 saturated heterocycles. The van der Waals surface area contributed by atoms with Crippen LogP contribution in [0.15, 0.2) is 70.5 Å². The zero-order chi connectivity index (χ0) is 11.2. The SMILES string of the molecule is OP(Sc1ccccc1)Sc1ccccc1. The molecule has 0 fully saturated rings. The summed E-state index contributed by atoms with van der Waals surface area (Å²) in [4.78, 5) is 12.2. The lowest BCUT2D eigenvalue weighted by Gasteiger charge is -2.08. The van der Waals surface area contributed by atoms with E-state index >= 15 is 0 Å². The molecule has 0 unspecified atom stereocenters. The molecule has 0 heterocycles. The van der Waals surface area contributed by atoms with Crippen LogP contribution in [0.4, 0.5) is 0 Å². The Morgan fingerprint density at radius 1 is 0.688 bits per heavy atom. The summed E-state index contributed by atoms with van der Waals surface area (Å²) in [7, 11) is 0. The van der Waals surface area contributed by atoms with Crippen molar-refractivity contribution in [1.82, 2.24) is 0 Å². The molecule has 0 saturated carbocycles. The van der Waals surface area contributed by atoms with E-state index in [1.165, 1.54) is 22.8 Å². The maximum atomic E-state index is 9.95. The van der Waals surface area contributed by atoms with E-state index in [0.29, 0.717) is 0 Å². The smallest absolute Gasteiger partial charge is 0.159 e. The first kappa shape index (κ1) is 12.0. The molecule has 0 bridgehead atoms. The zero-order valence-corrected chi connectivity index (χ0v) is 11.0. The Kier molecular flexibility index (Phi) is 4.73. The van der Waals surface area contributed by atoms with Crippen LogP contribution in [-0.2, 0) is 0 Å². The average molecular weight is 266 g/mol. The van der Waals surface area contributed by atoms with Crippen molar-refractivity contribution in [2.45, 2.75) is 9.79 Å². The third-order valence-electron chi connectivity index (χ3n) is 1.85. The van der Waals surface area contributed by atoms with Crippen molar-refractivity contribution in [3.8, 4) is 0 Å². The molecule has 2 aromatic rings. The Bertz CT molecular complexity index is 380. The van der Waals surface area contributed by atoms with Gasteiger partial charge in [0.1, 0.15) is 0 Å². The molecule has 0 atom stereocenters. The van der Waals surface area contributed by atoms with Gasteiger partial charge in [0.25, 0.3) is 0 Å². The van der Waals surface area contributed by atoms with E-state index in [0.717, 1.165) is 9.79 Å². The quantitative estimate of drug-likeness (QED) is 0.803. The molecule has 0 aliphatic rings. The molecule has 0 amide bonds. The van der Waals surface area contributed by atoms with E-state index in [-0.39, 0.29) is 0 Å². The van der Waals surface area contributed by atoms with Crippen LogP contribution in [0.1, 0.15) is 0 Å². The second-order valence-electron chi connectivity index (χ2n) is 3.05. The Hall–Kier alpha value is -0.470. The topological polar surface area (TPSA) is 20.2 Å². The van der Waals surface area contributed by atoms with Crippen LogP contribution in [0.3, 0.4) is 0 Å². The molecule has 2 aromatic carbocycles. The highest BCUT2D eigenvalue weighted by molar-refractivity contribution is 8.86. The largest absolute Gasteiger partial charge is 0.354 e. The molecule has 1 N–H and O–H groups in total. The predicted molar refractivity (Wildman–Crippen MR) is 73.7 cm³/mol. The van der Waals surface area contributed by atoms with Gasteiger partial charge in [-0.25, -0.2) is 0 Å². The van der Waals surface area contributed by atoms with E-state index in [4.69, 9.17) is 0 Å². The van der Waals surface area contributed by atoms with Gasteiger partial charge in [-0.3, -0.25) is 0 Å². The second kappa shape index (κ2) is 6.31. The van der Waals surface area contributed by atoms with Crippen molar-refractivity contribution in [3.05, 3.63) is 60.7 Å². The van der Waals surface area contributed by atoms with Gasteiger partial charge in [-0.05, 0) is 24.3 Å². The van der Waals surface area contributed by atoms with E-state index < -0.39 is 6.55 Å². The fourth-order valence-electron chi connectivity index (χ4n) is 1.16. The Balaban J connectivity index is 1.92. The second-order valence-corrected chi connectivity index (χ2v) is 8.69. The third-order valence-corrected chi connectivity index (χ3v) is 6.68. The van der Waals surface area contributed by atoms with E-state index in [1.807, 2.05) is 60.7 Å². The summed E-state index contributed by atoms with van der Waals surface area (Å²) in [6.45, 7) is -1.10. The minimum Gasteiger partial charge on any atom is -0.354 e. The van der Waals surface area contributed by atoms with Crippen molar-refractivity contribution in [2.75, 3.05) is 0 Å².